The molecule has 1 rings (SSSR count). The van der Waals surface area contributed by atoms with Gasteiger partial charge in [-0.05, 0) is 35.0 Å². The van der Waals surface area contributed by atoms with Gasteiger partial charge < -0.3 is 4.90 Å². The van der Waals surface area contributed by atoms with E-state index in [0.29, 0.717) is 0 Å². The quantitative estimate of drug-likeness (QED) is 0.808. The number of nitrogens with zero attached hydrogens (tertiary/aromatic N) is 2. The molecule has 0 aromatic carbocycles. The van der Waals surface area contributed by atoms with Gasteiger partial charge >= 0.3 is 0 Å². The molecule has 0 atom stereocenters. The molecule has 0 fully saturated rings. The SMILES string of the molecule is C=Cc1ncc(Br)cc1N(C)CC. The van der Waals surface area contributed by atoms with E-state index in [4.69, 9.17) is 0 Å². The summed E-state index contributed by atoms with van der Waals surface area (Å²) in [6.07, 6.45) is 3.55. The highest BCUT2D eigenvalue weighted by atomic mass is 79.9. The number of halogens is 1. The maximum Gasteiger partial charge on any atom is 0.0857 e. The van der Waals surface area contributed by atoms with Crippen LogP contribution in [0.5, 0.6) is 0 Å². The standard InChI is InChI=1S/C10H13BrN2/c1-4-9-10(13(3)5-2)6-8(11)7-12-9/h4,6-7H,1,5H2,2-3H3. The monoisotopic (exact) mass is 240 g/mol. The number of hydrogen-bond donors (Lipinski definition) is 0. The largest absolute Gasteiger partial charge is 0.373 e. The summed E-state index contributed by atoms with van der Waals surface area (Å²) in [5, 5.41) is 0. The van der Waals surface area contributed by atoms with Gasteiger partial charge in [0.25, 0.3) is 0 Å². The Labute approximate surface area is 87.4 Å². The molecule has 0 saturated heterocycles. The Hall–Kier alpha value is -0.830. The van der Waals surface area contributed by atoms with Crippen LogP contribution in [0.4, 0.5) is 5.69 Å². The summed E-state index contributed by atoms with van der Waals surface area (Å²) >= 11 is 3.40. The molecule has 0 spiro atoms. The number of aromatic nitrogens is 1. The van der Waals surface area contributed by atoms with Gasteiger partial charge in [0, 0.05) is 24.3 Å². The highest BCUT2D eigenvalue weighted by Gasteiger charge is 2.04. The van der Waals surface area contributed by atoms with Gasteiger partial charge in [-0.2, -0.15) is 0 Å². The van der Waals surface area contributed by atoms with Crippen LogP contribution in [-0.2, 0) is 0 Å². The van der Waals surface area contributed by atoms with Crippen molar-refractivity contribution in [1.29, 1.82) is 0 Å². The fourth-order valence-electron chi connectivity index (χ4n) is 1.07. The van der Waals surface area contributed by atoms with Gasteiger partial charge in [0.2, 0.25) is 0 Å². The molecule has 2 nitrogen and oxygen atoms in total. The third kappa shape index (κ3) is 2.31. The van der Waals surface area contributed by atoms with Gasteiger partial charge in [-0.15, -0.1) is 0 Å². The van der Waals surface area contributed by atoms with Gasteiger partial charge in [0.1, 0.15) is 0 Å². The Bertz CT molecular complexity index is 310. The highest BCUT2D eigenvalue weighted by molar-refractivity contribution is 9.10. The van der Waals surface area contributed by atoms with E-state index >= 15 is 0 Å². The predicted molar refractivity (Wildman–Crippen MR) is 61.0 cm³/mol. The molecule has 0 radical (unpaired) electrons. The van der Waals surface area contributed by atoms with Crippen LogP contribution < -0.4 is 4.90 Å². The van der Waals surface area contributed by atoms with Crippen LogP contribution in [0.25, 0.3) is 6.08 Å². The van der Waals surface area contributed by atoms with Gasteiger partial charge in [0.05, 0.1) is 11.4 Å². The van der Waals surface area contributed by atoms with E-state index in [2.05, 4.69) is 39.3 Å². The zero-order valence-corrected chi connectivity index (χ0v) is 9.50. The number of hydrogen-bond acceptors (Lipinski definition) is 2. The lowest BCUT2D eigenvalue weighted by atomic mass is 10.2. The lowest BCUT2D eigenvalue weighted by Crippen LogP contribution is -2.17. The number of rotatable bonds is 3. The van der Waals surface area contributed by atoms with Crippen molar-refractivity contribution in [2.45, 2.75) is 6.92 Å². The average molecular weight is 241 g/mol. The van der Waals surface area contributed by atoms with Crippen molar-refractivity contribution in [3.63, 3.8) is 0 Å². The molecule has 3 heteroatoms. The minimum atomic E-state index is 0.924. The Morgan fingerprint density at radius 2 is 2.38 bits per heavy atom. The molecule has 1 aromatic heterocycles. The molecular weight excluding hydrogens is 228 g/mol. The van der Waals surface area contributed by atoms with E-state index in [0.717, 1.165) is 22.4 Å². The van der Waals surface area contributed by atoms with Crippen molar-refractivity contribution in [2.24, 2.45) is 0 Å². The summed E-state index contributed by atoms with van der Waals surface area (Å²) in [5.74, 6) is 0. The normalized spacial score (nSPS) is 9.77. The summed E-state index contributed by atoms with van der Waals surface area (Å²) < 4.78 is 0.994. The van der Waals surface area contributed by atoms with Gasteiger partial charge in [-0.1, -0.05) is 6.58 Å². The van der Waals surface area contributed by atoms with Crippen molar-refractivity contribution >= 4 is 27.7 Å². The summed E-state index contributed by atoms with van der Waals surface area (Å²) in [5.41, 5.74) is 2.03. The van der Waals surface area contributed by atoms with E-state index in [1.807, 2.05) is 13.1 Å². The summed E-state index contributed by atoms with van der Waals surface area (Å²) in [4.78, 5) is 6.39. The van der Waals surface area contributed by atoms with Crippen LogP contribution in [0, 0.1) is 0 Å². The first-order valence-electron chi connectivity index (χ1n) is 4.18. The zero-order chi connectivity index (χ0) is 9.84. The number of anilines is 1. The minimum absolute atomic E-state index is 0.924. The minimum Gasteiger partial charge on any atom is -0.373 e. The second kappa shape index (κ2) is 4.42. The molecule has 1 heterocycles. The van der Waals surface area contributed by atoms with E-state index in [-0.39, 0.29) is 0 Å². The molecule has 0 amide bonds. The van der Waals surface area contributed by atoms with Crippen LogP contribution in [0.1, 0.15) is 12.6 Å². The van der Waals surface area contributed by atoms with Crippen LogP contribution in [0.15, 0.2) is 23.3 Å². The lowest BCUT2D eigenvalue weighted by molar-refractivity contribution is 0.957. The van der Waals surface area contributed by atoms with Gasteiger partial charge in [0.15, 0.2) is 0 Å². The van der Waals surface area contributed by atoms with E-state index in [1.165, 1.54) is 0 Å². The molecular formula is C10H13BrN2. The Balaban J connectivity index is 3.15. The van der Waals surface area contributed by atoms with Gasteiger partial charge in [-0.3, -0.25) is 4.98 Å². The fraction of sp³-hybridized carbons (Fsp3) is 0.300. The van der Waals surface area contributed by atoms with Crippen LogP contribution in [0.3, 0.4) is 0 Å². The second-order valence-electron chi connectivity index (χ2n) is 2.78. The Kier molecular flexibility index (Phi) is 3.48. The van der Waals surface area contributed by atoms with Crippen molar-refractivity contribution in [3.8, 4) is 0 Å². The fourth-order valence-corrected chi connectivity index (χ4v) is 1.39. The van der Waals surface area contributed by atoms with Crippen molar-refractivity contribution in [3.05, 3.63) is 29.0 Å². The zero-order valence-electron chi connectivity index (χ0n) is 7.92. The van der Waals surface area contributed by atoms with Crippen molar-refractivity contribution in [2.75, 3.05) is 18.5 Å². The molecule has 0 aliphatic rings. The Morgan fingerprint density at radius 1 is 1.69 bits per heavy atom. The average Bonchev–Trinajstić information content (AvgIpc) is 2.16. The topological polar surface area (TPSA) is 16.1 Å². The van der Waals surface area contributed by atoms with Crippen LogP contribution >= 0.6 is 15.9 Å². The molecule has 0 saturated carbocycles. The first-order chi connectivity index (χ1) is 6.19. The predicted octanol–water partition coefficient (Wildman–Crippen LogP) is 2.94. The van der Waals surface area contributed by atoms with E-state index < -0.39 is 0 Å². The molecule has 1 aromatic rings. The highest BCUT2D eigenvalue weighted by Crippen LogP contribution is 2.22. The van der Waals surface area contributed by atoms with Gasteiger partial charge in [-0.25, -0.2) is 0 Å². The first kappa shape index (κ1) is 10.3. The lowest BCUT2D eigenvalue weighted by Gasteiger charge is -2.18. The molecule has 0 unspecified atom stereocenters. The molecule has 0 N–H and O–H groups in total. The summed E-state index contributed by atoms with van der Waals surface area (Å²) in [6.45, 7) is 6.80. The number of pyridine rings is 1. The van der Waals surface area contributed by atoms with E-state index in [1.54, 1.807) is 12.3 Å². The van der Waals surface area contributed by atoms with Crippen LogP contribution in [0.2, 0.25) is 0 Å². The van der Waals surface area contributed by atoms with Crippen molar-refractivity contribution < 1.29 is 0 Å². The molecule has 0 aliphatic carbocycles. The second-order valence-corrected chi connectivity index (χ2v) is 3.69. The molecule has 0 aliphatic heterocycles. The van der Waals surface area contributed by atoms with Crippen LogP contribution in [-0.4, -0.2) is 18.6 Å². The maximum absolute atomic E-state index is 4.26. The molecule has 0 bridgehead atoms. The first-order valence-corrected chi connectivity index (χ1v) is 4.97. The summed E-state index contributed by atoms with van der Waals surface area (Å²) in [7, 11) is 2.04. The Morgan fingerprint density at radius 3 is 2.92 bits per heavy atom. The third-order valence-corrected chi connectivity index (χ3v) is 2.38. The molecule has 70 valence electrons. The maximum atomic E-state index is 4.26. The van der Waals surface area contributed by atoms with Crippen molar-refractivity contribution in [1.82, 2.24) is 4.98 Å². The molecule has 13 heavy (non-hydrogen) atoms. The summed E-state index contributed by atoms with van der Waals surface area (Å²) in [6, 6.07) is 2.05. The van der Waals surface area contributed by atoms with E-state index in [9.17, 15) is 0 Å². The third-order valence-electron chi connectivity index (χ3n) is 1.94. The smallest absolute Gasteiger partial charge is 0.0857 e.